The zero-order chi connectivity index (χ0) is 13.9. The number of piperidine rings is 1. The molecule has 1 N–H and O–H groups in total. The van der Waals surface area contributed by atoms with Crippen molar-refractivity contribution >= 4 is 15.9 Å². The van der Waals surface area contributed by atoms with Gasteiger partial charge in [-0.2, -0.15) is 4.98 Å². The molecule has 6 heteroatoms. The summed E-state index contributed by atoms with van der Waals surface area (Å²) in [5, 5.41) is 7.32. The van der Waals surface area contributed by atoms with Gasteiger partial charge in [0.2, 0.25) is 0 Å². The van der Waals surface area contributed by atoms with Crippen LogP contribution in [0, 0.1) is 11.7 Å². The summed E-state index contributed by atoms with van der Waals surface area (Å²) in [6.07, 6.45) is 3.11. The maximum atomic E-state index is 14.0. The van der Waals surface area contributed by atoms with E-state index < -0.39 is 0 Å². The van der Waals surface area contributed by atoms with Gasteiger partial charge in [0.25, 0.3) is 5.89 Å². The molecule has 3 rings (SSSR count). The summed E-state index contributed by atoms with van der Waals surface area (Å²) < 4.78 is 19.6. The van der Waals surface area contributed by atoms with Crippen LogP contribution in [0.4, 0.5) is 4.39 Å². The Kier molecular flexibility index (Phi) is 4.12. The summed E-state index contributed by atoms with van der Waals surface area (Å²) in [5.41, 5.74) is 0.333. The molecule has 20 heavy (non-hydrogen) atoms. The van der Waals surface area contributed by atoms with Crippen LogP contribution < -0.4 is 5.32 Å². The topological polar surface area (TPSA) is 51.0 Å². The molecular weight excluding hydrogens is 325 g/mol. The Balaban J connectivity index is 1.77. The lowest BCUT2D eigenvalue weighted by molar-refractivity contribution is 0.359. The second-order valence-corrected chi connectivity index (χ2v) is 5.89. The molecule has 0 aliphatic carbocycles. The zero-order valence-electron chi connectivity index (χ0n) is 10.9. The average molecular weight is 340 g/mol. The SMILES string of the molecule is Fc1c(Br)cccc1-c1nc(CC2CCCNC2)no1. The van der Waals surface area contributed by atoms with Gasteiger partial charge in [-0.3, -0.25) is 0 Å². The predicted molar refractivity (Wildman–Crippen MR) is 76.7 cm³/mol. The van der Waals surface area contributed by atoms with E-state index in [0.29, 0.717) is 21.8 Å². The number of hydrogen-bond acceptors (Lipinski definition) is 4. The number of hydrogen-bond donors (Lipinski definition) is 1. The highest BCUT2D eigenvalue weighted by Gasteiger charge is 2.19. The molecule has 0 spiro atoms. The summed E-state index contributed by atoms with van der Waals surface area (Å²) in [6.45, 7) is 2.06. The first-order chi connectivity index (χ1) is 9.74. The standard InChI is InChI=1S/C14H15BrFN3O/c15-11-5-1-4-10(13(11)16)14-18-12(19-20-14)7-9-3-2-6-17-8-9/h1,4-5,9,17H,2-3,6-8H2. The first kappa shape index (κ1) is 13.7. The summed E-state index contributed by atoms with van der Waals surface area (Å²) in [6, 6.07) is 5.03. The second-order valence-electron chi connectivity index (χ2n) is 5.03. The van der Waals surface area contributed by atoms with Crippen molar-refractivity contribution in [3.05, 3.63) is 34.3 Å². The van der Waals surface area contributed by atoms with Gasteiger partial charge in [0, 0.05) is 6.42 Å². The van der Waals surface area contributed by atoms with Gasteiger partial charge in [-0.15, -0.1) is 0 Å². The van der Waals surface area contributed by atoms with Crippen molar-refractivity contribution in [1.82, 2.24) is 15.5 Å². The van der Waals surface area contributed by atoms with Gasteiger partial charge in [0.1, 0.15) is 5.82 Å². The van der Waals surface area contributed by atoms with Crippen LogP contribution in [0.15, 0.2) is 27.2 Å². The van der Waals surface area contributed by atoms with Crippen molar-refractivity contribution in [2.45, 2.75) is 19.3 Å². The molecule has 0 saturated carbocycles. The van der Waals surface area contributed by atoms with Crippen molar-refractivity contribution in [3.8, 4) is 11.5 Å². The Morgan fingerprint density at radius 1 is 1.45 bits per heavy atom. The molecular formula is C14H15BrFN3O. The molecule has 4 nitrogen and oxygen atoms in total. The Morgan fingerprint density at radius 2 is 2.35 bits per heavy atom. The number of nitrogens with zero attached hydrogens (tertiary/aromatic N) is 2. The third-order valence-corrected chi connectivity index (χ3v) is 4.13. The quantitative estimate of drug-likeness (QED) is 0.932. The van der Waals surface area contributed by atoms with Crippen LogP contribution >= 0.6 is 15.9 Å². The summed E-state index contributed by atoms with van der Waals surface area (Å²) >= 11 is 3.16. The fourth-order valence-electron chi connectivity index (χ4n) is 2.47. The van der Waals surface area contributed by atoms with E-state index in [2.05, 4.69) is 31.4 Å². The highest BCUT2D eigenvalue weighted by molar-refractivity contribution is 9.10. The molecule has 1 saturated heterocycles. The highest BCUT2D eigenvalue weighted by atomic mass is 79.9. The molecule has 0 radical (unpaired) electrons. The summed E-state index contributed by atoms with van der Waals surface area (Å²) in [4.78, 5) is 4.31. The van der Waals surface area contributed by atoms with Crippen LogP contribution in [0.25, 0.3) is 11.5 Å². The van der Waals surface area contributed by atoms with E-state index in [4.69, 9.17) is 4.52 Å². The number of aromatic nitrogens is 2. The minimum absolute atomic E-state index is 0.238. The fraction of sp³-hybridized carbons (Fsp3) is 0.429. The molecule has 0 bridgehead atoms. The van der Waals surface area contributed by atoms with E-state index in [1.54, 1.807) is 18.2 Å². The highest BCUT2D eigenvalue weighted by Crippen LogP contribution is 2.27. The van der Waals surface area contributed by atoms with E-state index in [0.717, 1.165) is 19.5 Å². The van der Waals surface area contributed by atoms with Gasteiger partial charge in [-0.05, 0) is 59.9 Å². The largest absolute Gasteiger partial charge is 0.334 e. The van der Waals surface area contributed by atoms with Crippen molar-refractivity contribution < 1.29 is 8.91 Å². The Morgan fingerprint density at radius 3 is 3.15 bits per heavy atom. The molecule has 1 unspecified atom stereocenters. The number of rotatable bonds is 3. The third-order valence-electron chi connectivity index (χ3n) is 3.52. The Labute approximate surface area is 124 Å². The summed E-state index contributed by atoms with van der Waals surface area (Å²) in [7, 11) is 0. The van der Waals surface area contributed by atoms with E-state index in [9.17, 15) is 4.39 Å². The normalized spacial score (nSPS) is 19.2. The first-order valence-electron chi connectivity index (χ1n) is 6.71. The van der Waals surface area contributed by atoms with Crippen LogP contribution in [0.3, 0.4) is 0 Å². The van der Waals surface area contributed by atoms with Crippen molar-refractivity contribution in [2.75, 3.05) is 13.1 Å². The zero-order valence-corrected chi connectivity index (χ0v) is 12.5. The van der Waals surface area contributed by atoms with E-state index in [1.807, 2.05) is 0 Å². The molecule has 1 atom stereocenters. The molecule has 0 amide bonds. The molecule has 1 aliphatic heterocycles. The van der Waals surface area contributed by atoms with Gasteiger partial charge >= 0.3 is 0 Å². The number of nitrogens with one attached hydrogen (secondary N) is 1. The van der Waals surface area contributed by atoms with Gasteiger partial charge in [0.05, 0.1) is 10.0 Å². The lowest BCUT2D eigenvalue weighted by Gasteiger charge is -2.20. The van der Waals surface area contributed by atoms with Crippen molar-refractivity contribution in [3.63, 3.8) is 0 Å². The van der Waals surface area contributed by atoms with E-state index >= 15 is 0 Å². The van der Waals surface area contributed by atoms with Crippen molar-refractivity contribution in [1.29, 1.82) is 0 Å². The van der Waals surface area contributed by atoms with Crippen LogP contribution in [0.2, 0.25) is 0 Å². The van der Waals surface area contributed by atoms with Crippen LogP contribution in [-0.2, 0) is 6.42 Å². The fourth-order valence-corrected chi connectivity index (χ4v) is 2.84. The van der Waals surface area contributed by atoms with Gasteiger partial charge < -0.3 is 9.84 Å². The Hall–Kier alpha value is -1.27. The van der Waals surface area contributed by atoms with Gasteiger partial charge in [0.15, 0.2) is 5.82 Å². The van der Waals surface area contributed by atoms with Crippen molar-refractivity contribution in [2.24, 2.45) is 5.92 Å². The maximum absolute atomic E-state index is 14.0. The molecule has 106 valence electrons. The first-order valence-corrected chi connectivity index (χ1v) is 7.51. The monoisotopic (exact) mass is 339 g/mol. The van der Waals surface area contributed by atoms with E-state index in [1.165, 1.54) is 12.8 Å². The number of halogens is 2. The number of benzene rings is 1. The van der Waals surface area contributed by atoms with Gasteiger partial charge in [-0.1, -0.05) is 11.2 Å². The third kappa shape index (κ3) is 2.91. The molecule has 1 aromatic carbocycles. The van der Waals surface area contributed by atoms with Crippen LogP contribution in [-0.4, -0.2) is 23.2 Å². The summed E-state index contributed by atoms with van der Waals surface area (Å²) in [5.74, 6) is 1.04. The smallest absolute Gasteiger partial charge is 0.260 e. The van der Waals surface area contributed by atoms with Crippen LogP contribution in [0.5, 0.6) is 0 Å². The lowest BCUT2D eigenvalue weighted by Crippen LogP contribution is -2.31. The second kappa shape index (κ2) is 6.01. The van der Waals surface area contributed by atoms with Crippen LogP contribution in [0.1, 0.15) is 18.7 Å². The molecule has 1 aliphatic rings. The van der Waals surface area contributed by atoms with E-state index in [-0.39, 0.29) is 11.7 Å². The molecule has 1 aromatic heterocycles. The minimum atomic E-state index is -0.373. The maximum Gasteiger partial charge on any atom is 0.260 e. The molecule has 1 fully saturated rings. The lowest BCUT2D eigenvalue weighted by atomic mass is 9.96. The molecule has 2 heterocycles. The predicted octanol–water partition coefficient (Wildman–Crippen LogP) is 3.18. The van der Waals surface area contributed by atoms with Gasteiger partial charge in [-0.25, -0.2) is 4.39 Å². The molecule has 2 aromatic rings. The Bertz CT molecular complexity index is 596. The minimum Gasteiger partial charge on any atom is -0.334 e. The average Bonchev–Trinajstić information content (AvgIpc) is 2.91.